The van der Waals surface area contributed by atoms with Gasteiger partial charge in [0.15, 0.2) is 0 Å². The highest BCUT2D eigenvalue weighted by Gasteiger charge is 2.03. The van der Waals surface area contributed by atoms with Gasteiger partial charge in [0.05, 0.1) is 17.3 Å². The third kappa shape index (κ3) is 6.95. The van der Waals surface area contributed by atoms with Crippen LogP contribution in [0.3, 0.4) is 0 Å². The molecule has 6 heteroatoms. The van der Waals surface area contributed by atoms with Crippen molar-refractivity contribution in [3.8, 4) is 6.07 Å². The molecule has 0 spiro atoms. The predicted octanol–water partition coefficient (Wildman–Crippen LogP) is 2.30. The summed E-state index contributed by atoms with van der Waals surface area (Å²) in [7, 11) is 2.10. The minimum absolute atomic E-state index is 0.278. The van der Waals surface area contributed by atoms with E-state index >= 15 is 0 Å². The van der Waals surface area contributed by atoms with Gasteiger partial charge in [0.25, 0.3) is 0 Å². The lowest BCUT2D eigenvalue weighted by Gasteiger charge is -2.20. The molecule has 0 unspecified atom stereocenters. The lowest BCUT2D eigenvalue weighted by Crippen LogP contribution is -2.39. The number of benzene rings is 1. The fourth-order valence-electron chi connectivity index (χ4n) is 1.79. The maximum absolute atomic E-state index is 11.6. The molecule has 120 valence electrons. The normalized spacial score (nSPS) is 10.4. The van der Waals surface area contributed by atoms with Gasteiger partial charge in [-0.05, 0) is 58.5 Å². The van der Waals surface area contributed by atoms with Crippen molar-refractivity contribution < 1.29 is 4.79 Å². The van der Waals surface area contributed by atoms with Crippen molar-refractivity contribution in [1.82, 2.24) is 15.6 Å². The highest BCUT2D eigenvalue weighted by Crippen LogP contribution is 2.07. The van der Waals surface area contributed by atoms with Gasteiger partial charge in [0.1, 0.15) is 0 Å². The molecule has 6 nitrogen and oxygen atoms in total. The Labute approximate surface area is 132 Å². The fraction of sp³-hybridized carbons (Fsp3) is 0.500. The van der Waals surface area contributed by atoms with E-state index in [2.05, 4.69) is 42.0 Å². The molecule has 3 N–H and O–H groups in total. The summed E-state index contributed by atoms with van der Waals surface area (Å²) in [5.74, 6) is 0. The van der Waals surface area contributed by atoms with Crippen molar-refractivity contribution in [2.75, 3.05) is 25.6 Å². The molecule has 1 rings (SSSR count). The smallest absolute Gasteiger partial charge is 0.333 e. The van der Waals surface area contributed by atoms with Crippen LogP contribution in [0.1, 0.15) is 32.3 Å². The Morgan fingerprint density at radius 3 is 2.82 bits per heavy atom. The molecule has 0 heterocycles. The largest absolute Gasteiger partial charge is 0.337 e. The number of anilines is 1. The number of nitrogens with zero attached hydrogens (tertiary/aromatic N) is 2. The molecule has 0 atom stereocenters. The van der Waals surface area contributed by atoms with Gasteiger partial charge in [0.2, 0.25) is 0 Å². The van der Waals surface area contributed by atoms with E-state index in [0.29, 0.717) is 23.8 Å². The maximum Gasteiger partial charge on any atom is 0.333 e. The van der Waals surface area contributed by atoms with Crippen LogP contribution in [0.2, 0.25) is 0 Å². The number of hydrogen-bond donors (Lipinski definition) is 3. The molecule has 2 amide bonds. The summed E-state index contributed by atoms with van der Waals surface area (Å²) in [6.45, 7) is 6.00. The third-order valence-corrected chi connectivity index (χ3v) is 3.42. The number of nitriles is 1. The summed E-state index contributed by atoms with van der Waals surface area (Å²) in [5, 5.41) is 11.6. The zero-order valence-corrected chi connectivity index (χ0v) is 13.5. The molecule has 0 fully saturated rings. The molecule has 0 saturated heterocycles. The number of amides is 2. The van der Waals surface area contributed by atoms with E-state index in [9.17, 15) is 4.79 Å². The first kappa shape index (κ1) is 17.8. The summed E-state index contributed by atoms with van der Waals surface area (Å²) < 4.78 is 0. The first-order valence-corrected chi connectivity index (χ1v) is 7.53. The SMILES string of the molecule is CC(C)N(C)CCCCNC(=O)NNc1cccc(C#N)c1. The van der Waals surface area contributed by atoms with Crippen LogP contribution >= 0.6 is 0 Å². The molecular weight excluding hydrogens is 278 g/mol. The van der Waals surface area contributed by atoms with Crippen LogP contribution in [0.25, 0.3) is 0 Å². The number of hydrazine groups is 1. The van der Waals surface area contributed by atoms with Crippen molar-refractivity contribution in [2.45, 2.75) is 32.7 Å². The minimum atomic E-state index is -0.278. The van der Waals surface area contributed by atoms with E-state index in [1.165, 1.54) is 0 Å². The van der Waals surface area contributed by atoms with Crippen molar-refractivity contribution in [3.63, 3.8) is 0 Å². The summed E-state index contributed by atoms with van der Waals surface area (Å²) in [4.78, 5) is 13.9. The quantitative estimate of drug-likeness (QED) is 0.508. The standard InChI is InChI=1S/C16H25N5O/c1-13(2)21(3)10-5-4-9-18-16(22)20-19-15-8-6-7-14(11-15)12-17/h6-8,11,13,19H,4-5,9-10H2,1-3H3,(H2,18,20,22). The summed E-state index contributed by atoms with van der Waals surface area (Å²) in [5.41, 5.74) is 6.54. The number of nitrogens with one attached hydrogen (secondary N) is 3. The molecule has 0 aliphatic carbocycles. The average molecular weight is 303 g/mol. The van der Waals surface area contributed by atoms with E-state index in [-0.39, 0.29) is 6.03 Å². The molecule has 0 bridgehead atoms. The van der Waals surface area contributed by atoms with Gasteiger partial charge in [-0.25, -0.2) is 4.79 Å². The molecule has 0 radical (unpaired) electrons. The van der Waals surface area contributed by atoms with E-state index in [1.807, 2.05) is 6.07 Å². The topological polar surface area (TPSA) is 80.2 Å². The van der Waals surface area contributed by atoms with Crippen LogP contribution in [0, 0.1) is 11.3 Å². The zero-order valence-electron chi connectivity index (χ0n) is 13.5. The zero-order chi connectivity index (χ0) is 16.4. The number of rotatable bonds is 8. The second kappa shape index (κ2) is 9.64. The van der Waals surface area contributed by atoms with Crippen molar-refractivity contribution in [2.24, 2.45) is 0 Å². The molecule has 1 aromatic carbocycles. The summed E-state index contributed by atoms with van der Waals surface area (Å²) in [6, 6.07) is 9.23. The highest BCUT2D eigenvalue weighted by atomic mass is 16.2. The van der Waals surface area contributed by atoms with Gasteiger partial charge in [-0.1, -0.05) is 6.07 Å². The summed E-state index contributed by atoms with van der Waals surface area (Å²) >= 11 is 0. The summed E-state index contributed by atoms with van der Waals surface area (Å²) in [6.07, 6.45) is 1.99. The highest BCUT2D eigenvalue weighted by molar-refractivity contribution is 5.75. The Hall–Kier alpha value is -2.26. The lowest BCUT2D eigenvalue weighted by molar-refractivity contribution is 0.241. The average Bonchev–Trinajstić information content (AvgIpc) is 2.52. The Morgan fingerprint density at radius 1 is 1.36 bits per heavy atom. The molecule has 1 aromatic rings. The lowest BCUT2D eigenvalue weighted by atomic mass is 10.2. The van der Waals surface area contributed by atoms with Gasteiger partial charge < -0.3 is 10.2 Å². The van der Waals surface area contributed by atoms with Crippen LogP contribution in [-0.4, -0.2) is 37.1 Å². The van der Waals surface area contributed by atoms with Gasteiger partial charge in [-0.3, -0.25) is 10.9 Å². The maximum atomic E-state index is 11.6. The van der Waals surface area contributed by atoms with E-state index < -0.39 is 0 Å². The van der Waals surface area contributed by atoms with E-state index in [0.717, 1.165) is 19.4 Å². The Kier molecular flexibility index (Phi) is 7.79. The Bertz CT molecular complexity index is 510. The second-order valence-corrected chi connectivity index (χ2v) is 5.48. The van der Waals surface area contributed by atoms with E-state index in [4.69, 9.17) is 5.26 Å². The molecule has 0 aliphatic heterocycles. The molecule has 22 heavy (non-hydrogen) atoms. The van der Waals surface area contributed by atoms with Crippen LogP contribution in [0.4, 0.5) is 10.5 Å². The number of carbonyl (C=O) groups excluding carboxylic acids is 1. The molecule has 0 aromatic heterocycles. The van der Waals surface area contributed by atoms with Gasteiger partial charge in [-0.15, -0.1) is 0 Å². The van der Waals surface area contributed by atoms with Crippen LogP contribution < -0.4 is 16.2 Å². The van der Waals surface area contributed by atoms with Crippen molar-refractivity contribution in [1.29, 1.82) is 5.26 Å². The predicted molar refractivity (Wildman–Crippen MR) is 88.3 cm³/mol. The number of unbranched alkanes of at least 4 members (excludes halogenated alkanes) is 1. The van der Waals surface area contributed by atoms with Gasteiger partial charge in [-0.2, -0.15) is 5.26 Å². The van der Waals surface area contributed by atoms with Crippen LogP contribution in [-0.2, 0) is 0 Å². The first-order chi connectivity index (χ1) is 10.5. The van der Waals surface area contributed by atoms with Crippen LogP contribution in [0.5, 0.6) is 0 Å². The van der Waals surface area contributed by atoms with Crippen LogP contribution in [0.15, 0.2) is 24.3 Å². The van der Waals surface area contributed by atoms with Gasteiger partial charge >= 0.3 is 6.03 Å². The van der Waals surface area contributed by atoms with Crippen molar-refractivity contribution in [3.05, 3.63) is 29.8 Å². The van der Waals surface area contributed by atoms with Gasteiger partial charge in [0, 0.05) is 12.6 Å². The molecule has 0 saturated carbocycles. The molecule has 0 aliphatic rings. The Balaban J connectivity index is 2.15. The number of carbonyl (C=O) groups is 1. The fourth-order valence-corrected chi connectivity index (χ4v) is 1.79. The minimum Gasteiger partial charge on any atom is -0.337 e. The molecular formula is C16H25N5O. The van der Waals surface area contributed by atoms with Crippen molar-refractivity contribution >= 4 is 11.7 Å². The monoisotopic (exact) mass is 303 g/mol. The Morgan fingerprint density at radius 2 is 2.14 bits per heavy atom. The first-order valence-electron chi connectivity index (χ1n) is 7.53. The third-order valence-electron chi connectivity index (χ3n) is 3.42. The number of hydrogen-bond acceptors (Lipinski definition) is 4. The second-order valence-electron chi connectivity index (χ2n) is 5.48. The van der Waals surface area contributed by atoms with E-state index in [1.54, 1.807) is 24.3 Å². The number of urea groups is 1.